The third-order valence-electron chi connectivity index (χ3n) is 5.61. The number of imidazole rings is 1. The molecule has 1 aliphatic heterocycles. The number of nitrogens with one attached hydrogen (secondary N) is 1. The van der Waals surface area contributed by atoms with E-state index < -0.39 is 10.0 Å². The summed E-state index contributed by atoms with van der Waals surface area (Å²) in [5.74, 6) is 2.02. The number of rotatable bonds is 6. The van der Waals surface area contributed by atoms with Crippen LogP contribution in [0.3, 0.4) is 0 Å². The smallest absolute Gasteiger partial charge is 0.262 e. The maximum atomic E-state index is 13.0. The van der Waals surface area contributed by atoms with Crippen LogP contribution in [0, 0.1) is 20.8 Å². The molecule has 3 aromatic rings. The molecule has 0 saturated carbocycles. The second kappa shape index (κ2) is 8.87. The van der Waals surface area contributed by atoms with E-state index in [-0.39, 0.29) is 5.03 Å². The second-order valence-corrected chi connectivity index (χ2v) is 9.87. The molecule has 1 fully saturated rings. The highest BCUT2D eigenvalue weighted by molar-refractivity contribution is 7.89. The fourth-order valence-corrected chi connectivity index (χ4v) is 5.17. The predicted octanol–water partition coefficient (Wildman–Crippen LogP) is 2.87. The van der Waals surface area contributed by atoms with E-state index in [0.29, 0.717) is 44.5 Å². The van der Waals surface area contributed by atoms with Crippen molar-refractivity contribution < 1.29 is 8.42 Å². The molecule has 1 aromatic carbocycles. The summed E-state index contributed by atoms with van der Waals surface area (Å²) in [4.78, 5) is 15.5. The van der Waals surface area contributed by atoms with Gasteiger partial charge in [0, 0.05) is 56.4 Å². The number of anilines is 3. The van der Waals surface area contributed by atoms with Gasteiger partial charge in [-0.1, -0.05) is 17.7 Å². The fourth-order valence-electron chi connectivity index (χ4n) is 3.75. The van der Waals surface area contributed by atoms with Crippen molar-refractivity contribution in [2.45, 2.75) is 39.3 Å². The van der Waals surface area contributed by atoms with Crippen LogP contribution in [0.1, 0.15) is 24.0 Å². The van der Waals surface area contributed by atoms with E-state index in [2.05, 4.69) is 25.2 Å². The summed E-state index contributed by atoms with van der Waals surface area (Å²) in [6, 6.07) is 9.97. The first kappa shape index (κ1) is 22.2. The van der Waals surface area contributed by atoms with E-state index >= 15 is 0 Å². The average molecular weight is 456 g/mol. The van der Waals surface area contributed by atoms with E-state index in [9.17, 15) is 8.42 Å². The lowest BCUT2D eigenvalue weighted by molar-refractivity contribution is 0.382. The van der Waals surface area contributed by atoms with Crippen LogP contribution in [0.2, 0.25) is 0 Å². The van der Waals surface area contributed by atoms with E-state index in [1.807, 2.05) is 62.6 Å². The Morgan fingerprint density at radius 2 is 1.66 bits per heavy atom. The molecule has 0 radical (unpaired) electrons. The van der Waals surface area contributed by atoms with E-state index in [4.69, 9.17) is 0 Å². The monoisotopic (exact) mass is 455 g/mol. The minimum absolute atomic E-state index is 0.118. The van der Waals surface area contributed by atoms with Crippen molar-refractivity contribution in [1.29, 1.82) is 0 Å². The molecule has 1 saturated heterocycles. The third-order valence-corrected chi connectivity index (χ3v) is 7.38. The van der Waals surface area contributed by atoms with Gasteiger partial charge in [-0.05, 0) is 39.8 Å². The van der Waals surface area contributed by atoms with Gasteiger partial charge in [0.1, 0.15) is 11.6 Å². The van der Waals surface area contributed by atoms with Crippen molar-refractivity contribution in [3.8, 4) is 0 Å². The topological polar surface area (TPSA) is 96.2 Å². The SMILES string of the molecule is CCn1cc(S(=O)(=O)N2CCN(c3cc(C)nc(Nc4ccc(C)cc4)n3)CC2)nc1C. The maximum absolute atomic E-state index is 13.0. The lowest BCUT2D eigenvalue weighted by Crippen LogP contribution is -2.49. The zero-order valence-corrected chi connectivity index (χ0v) is 19.7. The Bertz CT molecular complexity index is 1200. The highest BCUT2D eigenvalue weighted by atomic mass is 32.2. The Morgan fingerprint density at radius 1 is 0.969 bits per heavy atom. The van der Waals surface area contributed by atoms with Gasteiger partial charge in [-0.2, -0.15) is 9.29 Å². The Labute approximate surface area is 189 Å². The van der Waals surface area contributed by atoms with Crippen LogP contribution in [0.4, 0.5) is 17.5 Å². The van der Waals surface area contributed by atoms with Gasteiger partial charge in [0.25, 0.3) is 10.0 Å². The molecule has 0 atom stereocenters. The number of piperazine rings is 1. The number of aromatic nitrogens is 4. The molecule has 9 nitrogen and oxygen atoms in total. The molecule has 0 bridgehead atoms. The predicted molar refractivity (Wildman–Crippen MR) is 125 cm³/mol. The van der Waals surface area contributed by atoms with Crippen LogP contribution >= 0.6 is 0 Å². The van der Waals surface area contributed by atoms with E-state index in [1.54, 1.807) is 6.20 Å². The Balaban J connectivity index is 1.46. The number of aryl methyl sites for hydroxylation is 4. The summed E-state index contributed by atoms with van der Waals surface area (Å²) in [6.45, 7) is 10.3. The van der Waals surface area contributed by atoms with Gasteiger partial charge in [0.15, 0.2) is 5.03 Å². The molecular weight excluding hydrogens is 426 g/mol. The van der Waals surface area contributed by atoms with E-state index in [1.165, 1.54) is 9.87 Å². The van der Waals surface area contributed by atoms with Gasteiger partial charge in [-0.3, -0.25) is 0 Å². The molecule has 1 N–H and O–H groups in total. The first-order valence-corrected chi connectivity index (χ1v) is 12.2. The van der Waals surface area contributed by atoms with Crippen LogP contribution in [0.15, 0.2) is 41.6 Å². The lowest BCUT2D eigenvalue weighted by Gasteiger charge is -2.34. The summed E-state index contributed by atoms with van der Waals surface area (Å²) >= 11 is 0. The Hall–Kier alpha value is -2.98. The molecule has 32 heavy (non-hydrogen) atoms. The average Bonchev–Trinajstić information content (AvgIpc) is 3.16. The summed E-state index contributed by atoms with van der Waals surface area (Å²) in [6.07, 6.45) is 1.62. The van der Waals surface area contributed by atoms with Gasteiger partial charge < -0.3 is 14.8 Å². The molecule has 0 spiro atoms. The molecule has 0 amide bonds. The van der Waals surface area contributed by atoms with Crippen LogP contribution in [-0.4, -0.2) is 58.4 Å². The number of sulfonamides is 1. The van der Waals surface area contributed by atoms with Crippen molar-refractivity contribution in [3.63, 3.8) is 0 Å². The van der Waals surface area contributed by atoms with Crippen molar-refractivity contribution in [3.05, 3.63) is 53.6 Å². The number of benzene rings is 1. The normalized spacial score (nSPS) is 15.2. The fraction of sp³-hybridized carbons (Fsp3) is 0.409. The molecular formula is C22H29N7O2S. The Kier molecular flexibility index (Phi) is 6.16. The number of hydrogen-bond donors (Lipinski definition) is 1. The van der Waals surface area contributed by atoms with Gasteiger partial charge in [0.05, 0.1) is 0 Å². The molecule has 2 aromatic heterocycles. The van der Waals surface area contributed by atoms with Gasteiger partial charge in [0.2, 0.25) is 5.95 Å². The van der Waals surface area contributed by atoms with Crippen molar-refractivity contribution in [1.82, 2.24) is 23.8 Å². The molecule has 4 rings (SSSR count). The minimum atomic E-state index is -3.61. The standard InChI is InChI=1S/C22H29N7O2S/c1-5-27-15-21(24-18(27)4)32(30,31)29-12-10-28(11-13-29)20-14-17(3)23-22(26-20)25-19-8-6-16(2)7-9-19/h6-9,14-15H,5,10-13H2,1-4H3,(H,23,25,26). The number of hydrogen-bond acceptors (Lipinski definition) is 7. The zero-order chi connectivity index (χ0) is 22.9. The van der Waals surface area contributed by atoms with Crippen LogP contribution in [0.5, 0.6) is 0 Å². The molecule has 0 aliphatic carbocycles. The summed E-state index contributed by atoms with van der Waals surface area (Å²) in [5, 5.41) is 3.37. The largest absolute Gasteiger partial charge is 0.354 e. The molecule has 0 unspecified atom stereocenters. The molecule has 10 heteroatoms. The van der Waals surface area contributed by atoms with Gasteiger partial charge in [-0.25, -0.2) is 18.4 Å². The van der Waals surface area contributed by atoms with Crippen LogP contribution in [-0.2, 0) is 16.6 Å². The third kappa shape index (κ3) is 4.61. The van der Waals surface area contributed by atoms with E-state index in [0.717, 1.165) is 17.2 Å². The Morgan fingerprint density at radius 3 is 2.28 bits per heavy atom. The highest BCUT2D eigenvalue weighted by Gasteiger charge is 2.31. The lowest BCUT2D eigenvalue weighted by atomic mass is 10.2. The van der Waals surface area contributed by atoms with Crippen molar-refractivity contribution >= 4 is 27.5 Å². The zero-order valence-electron chi connectivity index (χ0n) is 18.9. The summed E-state index contributed by atoms with van der Waals surface area (Å²) in [5.41, 5.74) is 2.95. The summed E-state index contributed by atoms with van der Waals surface area (Å²) in [7, 11) is -3.61. The minimum Gasteiger partial charge on any atom is -0.354 e. The van der Waals surface area contributed by atoms with Gasteiger partial charge >= 0.3 is 0 Å². The van der Waals surface area contributed by atoms with Crippen molar-refractivity contribution in [2.24, 2.45) is 0 Å². The quantitative estimate of drug-likeness (QED) is 0.610. The van der Waals surface area contributed by atoms with Crippen LogP contribution < -0.4 is 10.2 Å². The first-order valence-electron chi connectivity index (χ1n) is 10.7. The second-order valence-electron chi connectivity index (χ2n) is 7.99. The molecule has 170 valence electrons. The first-order chi connectivity index (χ1) is 15.3. The van der Waals surface area contributed by atoms with Gasteiger partial charge in [-0.15, -0.1) is 0 Å². The molecule has 3 heterocycles. The van der Waals surface area contributed by atoms with Crippen LogP contribution in [0.25, 0.3) is 0 Å². The van der Waals surface area contributed by atoms with Crippen molar-refractivity contribution in [2.75, 3.05) is 36.4 Å². The highest BCUT2D eigenvalue weighted by Crippen LogP contribution is 2.22. The maximum Gasteiger partial charge on any atom is 0.262 e. The number of nitrogens with zero attached hydrogens (tertiary/aromatic N) is 6. The summed E-state index contributed by atoms with van der Waals surface area (Å²) < 4.78 is 29.4. The molecule has 1 aliphatic rings.